The first kappa shape index (κ1) is 27.6. The molecule has 0 unspecified atom stereocenters. The topological polar surface area (TPSA) is 97.9 Å². The highest BCUT2D eigenvalue weighted by atomic mass is 19.1. The molecule has 224 valence electrons. The van der Waals surface area contributed by atoms with Gasteiger partial charge < -0.3 is 19.5 Å². The number of benzene rings is 2. The highest BCUT2D eigenvalue weighted by Gasteiger charge is 2.49. The zero-order valence-electron chi connectivity index (χ0n) is 23.9. The molecule has 1 N–H and O–H groups in total. The molecule has 10 nitrogen and oxygen atoms in total. The molecule has 3 aliphatic rings. The second-order valence-electron chi connectivity index (χ2n) is 11.6. The van der Waals surface area contributed by atoms with E-state index in [1.807, 2.05) is 4.90 Å². The Labute approximate surface area is 246 Å². The second kappa shape index (κ2) is 10.5. The fourth-order valence-electron chi connectivity index (χ4n) is 7.06. The average molecular weight is 591 g/mol. The third kappa shape index (κ3) is 4.49. The van der Waals surface area contributed by atoms with Crippen molar-refractivity contribution in [2.45, 2.75) is 37.4 Å². The van der Waals surface area contributed by atoms with Gasteiger partial charge in [-0.3, -0.25) is 14.4 Å². The van der Waals surface area contributed by atoms with E-state index in [1.165, 1.54) is 33.6 Å². The molecular formula is C31H32F2N6O4. The van der Waals surface area contributed by atoms with Gasteiger partial charge in [0, 0.05) is 51.2 Å². The summed E-state index contributed by atoms with van der Waals surface area (Å²) in [7, 11) is 1.66. The van der Waals surface area contributed by atoms with Crippen molar-refractivity contribution in [1.82, 2.24) is 24.2 Å². The van der Waals surface area contributed by atoms with Crippen LogP contribution in [0.3, 0.4) is 0 Å². The van der Waals surface area contributed by atoms with Crippen LogP contribution in [0.4, 0.5) is 14.6 Å². The Balaban J connectivity index is 1.42. The van der Waals surface area contributed by atoms with E-state index in [-0.39, 0.29) is 35.0 Å². The third-order valence-electron chi connectivity index (χ3n) is 9.02. The molecule has 0 aliphatic carbocycles. The predicted octanol–water partition coefficient (Wildman–Crippen LogP) is 3.28. The van der Waals surface area contributed by atoms with Crippen molar-refractivity contribution >= 4 is 27.6 Å². The number of aromatic hydroxyl groups is 1. The molecule has 3 fully saturated rings. The third-order valence-corrected chi connectivity index (χ3v) is 9.02. The number of halogens is 2. The molecule has 5 heterocycles. The molecule has 0 bridgehead atoms. The summed E-state index contributed by atoms with van der Waals surface area (Å²) in [6, 6.07) is 5.68. The number of hydrogen-bond acceptors (Lipinski definition) is 8. The number of phenols is 1. The van der Waals surface area contributed by atoms with Crippen molar-refractivity contribution in [3.05, 3.63) is 46.0 Å². The number of aryl methyl sites for hydroxylation is 1. The highest BCUT2D eigenvalue weighted by Crippen LogP contribution is 2.40. The Kier molecular flexibility index (Phi) is 6.74. The molecule has 7 rings (SSSR count). The molecule has 2 aromatic carbocycles. The van der Waals surface area contributed by atoms with Crippen LogP contribution in [0.25, 0.3) is 27.5 Å². The smallest absolute Gasteiger partial charge is 0.320 e. The lowest BCUT2D eigenvalue weighted by Gasteiger charge is -2.31. The van der Waals surface area contributed by atoms with E-state index >= 15 is 0 Å². The molecular weight excluding hydrogens is 558 g/mol. The van der Waals surface area contributed by atoms with Gasteiger partial charge >= 0.3 is 6.01 Å². The highest BCUT2D eigenvalue weighted by molar-refractivity contribution is 5.97. The summed E-state index contributed by atoms with van der Waals surface area (Å²) in [6.45, 7) is 3.62. The van der Waals surface area contributed by atoms with Gasteiger partial charge in [-0.05, 0) is 43.3 Å². The summed E-state index contributed by atoms with van der Waals surface area (Å²) < 4.78 is 44.0. The van der Waals surface area contributed by atoms with Gasteiger partial charge in [-0.2, -0.15) is 9.97 Å². The molecule has 43 heavy (non-hydrogen) atoms. The zero-order chi connectivity index (χ0) is 29.9. The van der Waals surface area contributed by atoms with Crippen LogP contribution in [0.15, 0.2) is 29.1 Å². The van der Waals surface area contributed by atoms with E-state index < -0.39 is 23.1 Å². The van der Waals surface area contributed by atoms with Crippen molar-refractivity contribution < 1.29 is 23.4 Å². The number of terminal acetylenes is 1. The largest absolute Gasteiger partial charge is 0.508 e. The molecule has 0 amide bonds. The standard InChI is InChI=1S/C31H32F2N6O4/c1-3-22-23(33)7-6-19-14-21(40)15-24(25(19)22)39-29(41)26-27(36(39)2)34-30(35-28(26)37-9-5-12-42-13-11-37)43-18-31-8-4-10-38(31)17-20(32)16-31/h1,6-7,14-15,20,40H,4-5,8-13,16-18H2,2H3/t20-,31+/m1/s1. The van der Waals surface area contributed by atoms with Crippen molar-refractivity contribution in [3.8, 4) is 29.8 Å². The van der Waals surface area contributed by atoms with Crippen molar-refractivity contribution in [1.29, 1.82) is 0 Å². The fraction of sp³-hybridized carbons (Fsp3) is 0.452. The second-order valence-corrected chi connectivity index (χ2v) is 11.6. The first-order valence-electron chi connectivity index (χ1n) is 14.6. The summed E-state index contributed by atoms with van der Waals surface area (Å²) in [6.07, 6.45) is 7.76. The minimum Gasteiger partial charge on any atom is -0.508 e. The molecule has 3 aliphatic heterocycles. The Morgan fingerprint density at radius 1 is 1.19 bits per heavy atom. The van der Waals surface area contributed by atoms with Crippen molar-refractivity contribution in [2.24, 2.45) is 7.05 Å². The Hall–Kier alpha value is -4.21. The maximum atomic E-state index is 14.9. The molecule has 12 heteroatoms. The summed E-state index contributed by atoms with van der Waals surface area (Å²) in [5, 5.41) is 11.6. The number of rotatable bonds is 5. The van der Waals surface area contributed by atoms with Gasteiger partial charge in [0.25, 0.3) is 5.56 Å². The first-order valence-corrected chi connectivity index (χ1v) is 14.6. The minimum absolute atomic E-state index is 0.0206. The lowest BCUT2D eigenvalue weighted by molar-refractivity contribution is 0.107. The SMILES string of the molecule is C#Cc1c(F)ccc2cc(O)cc(-n3c(=O)c4c(N5CCCOCC5)nc(OC[C@@]56CCCN5C[C@H](F)C6)nc4n3C)c12. The van der Waals surface area contributed by atoms with Crippen LogP contribution in [-0.4, -0.2) is 87.0 Å². The maximum absolute atomic E-state index is 14.9. The number of hydrogen-bond donors (Lipinski definition) is 1. The molecule has 2 aromatic heterocycles. The van der Waals surface area contributed by atoms with Gasteiger partial charge in [-0.15, -0.1) is 6.42 Å². The van der Waals surface area contributed by atoms with Crippen LogP contribution < -0.4 is 15.2 Å². The van der Waals surface area contributed by atoms with Crippen LogP contribution in [0.1, 0.15) is 31.2 Å². The molecule has 0 spiro atoms. The van der Waals surface area contributed by atoms with E-state index in [4.69, 9.17) is 20.9 Å². The number of anilines is 1. The Morgan fingerprint density at radius 3 is 2.88 bits per heavy atom. The van der Waals surface area contributed by atoms with Crippen molar-refractivity contribution in [3.63, 3.8) is 0 Å². The minimum atomic E-state index is -0.898. The summed E-state index contributed by atoms with van der Waals surface area (Å²) >= 11 is 0. The number of nitrogens with zero attached hydrogens (tertiary/aromatic N) is 6. The molecule has 2 atom stereocenters. The first-order chi connectivity index (χ1) is 20.8. The van der Waals surface area contributed by atoms with E-state index in [0.29, 0.717) is 61.5 Å². The van der Waals surface area contributed by atoms with Crippen molar-refractivity contribution in [2.75, 3.05) is 50.9 Å². The van der Waals surface area contributed by atoms with Gasteiger partial charge in [0.1, 0.15) is 29.7 Å². The summed E-state index contributed by atoms with van der Waals surface area (Å²) in [5.74, 6) is 2.07. The number of alkyl halides is 1. The fourth-order valence-corrected chi connectivity index (χ4v) is 7.06. The Morgan fingerprint density at radius 2 is 2.05 bits per heavy atom. The molecule has 4 aromatic rings. The lowest BCUT2D eigenvalue weighted by Crippen LogP contribution is -2.43. The van der Waals surface area contributed by atoms with Crippen LogP contribution in [-0.2, 0) is 11.8 Å². The van der Waals surface area contributed by atoms with Crippen LogP contribution in [0.5, 0.6) is 11.8 Å². The van der Waals surface area contributed by atoms with Gasteiger partial charge in [-0.25, -0.2) is 13.5 Å². The average Bonchev–Trinajstić information content (AvgIpc) is 3.48. The monoisotopic (exact) mass is 590 g/mol. The number of aromatic nitrogens is 4. The lowest BCUT2D eigenvalue weighted by atomic mass is 9.95. The van der Waals surface area contributed by atoms with Crippen LogP contribution >= 0.6 is 0 Å². The van der Waals surface area contributed by atoms with Crippen LogP contribution in [0.2, 0.25) is 0 Å². The summed E-state index contributed by atoms with van der Waals surface area (Å²) in [4.78, 5) is 27.9. The number of fused-ring (bicyclic) bond motifs is 3. The van der Waals surface area contributed by atoms with E-state index in [0.717, 1.165) is 25.8 Å². The maximum Gasteiger partial charge on any atom is 0.320 e. The van der Waals surface area contributed by atoms with E-state index in [1.54, 1.807) is 7.05 Å². The van der Waals surface area contributed by atoms with Crippen LogP contribution in [0, 0.1) is 18.2 Å². The number of phenolic OH excluding ortho intramolecular Hbond substituents is 1. The predicted molar refractivity (Wildman–Crippen MR) is 157 cm³/mol. The summed E-state index contributed by atoms with van der Waals surface area (Å²) in [5.41, 5.74) is -0.378. The molecule has 3 saturated heterocycles. The zero-order valence-corrected chi connectivity index (χ0v) is 23.9. The molecule has 0 radical (unpaired) electrons. The Bertz CT molecular complexity index is 1840. The van der Waals surface area contributed by atoms with Gasteiger partial charge in [-0.1, -0.05) is 12.0 Å². The van der Waals surface area contributed by atoms with Gasteiger partial charge in [0.05, 0.1) is 23.4 Å². The van der Waals surface area contributed by atoms with Gasteiger partial charge in [0.2, 0.25) is 0 Å². The molecule has 0 saturated carbocycles. The quantitative estimate of drug-likeness (QED) is 0.354. The van der Waals surface area contributed by atoms with E-state index in [2.05, 4.69) is 15.8 Å². The normalized spacial score (nSPS) is 22.7. The number of ether oxygens (including phenoxy) is 2. The van der Waals surface area contributed by atoms with Gasteiger partial charge in [0.15, 0.2) is 11.5 Å². The van der Waals surface area contributed by atoms with E-state index in [9.17, 15) is 18.7 Å².